The molecule has 2 aliphatic rings. The summed E-state index contributed by atoms with van der Waals surface area (Å²) in [7, 11) is 1.93. The molecule has 3 heterocycles. The minimum absolute atomic E-state index is 0.416. The first-order valence-corrected chi connectivity index (χ1v) is 11.3. The summed E-state index contributed by atoms with van der Waals surface area (Å²) >= 11 is 5.70. The highest BCUT2D eigenvalue weighted by atomic mass is 32.1. The van der Waals surface area contributed by atoms with Gasteiger partial charge in [0.1, 0.15) is 0 Å². The number of hydrogen-bond donors (Lipinski definition) is 2. The van der Waals surface area contributed by atoms with Gasteiger partial charge in [0.25, 0.3) is 0 Å². The van der Waals surface area contributed by atoms with Crippen LogP contribution < -0.4 is 15.1 Å². The molecule has 2 aromatic carbocycles. The number of hydrogen-bond acceptors (Lipinski definition) is 3. The van der Waals surface area contributed by atoms with Gasteiger partial charge >= 0.3 is 0 Å². The molecule has 1 aromatic heterocycles. The van der Waals surface area contributed by atoms with Crippen LogP contribution in [0.1, 0.15) is 12.0 Å². The Morgan fingerprint density at radius 1 is 1.03 bits per heavy atom. The highest BCUT2D eigenvalue weighted by Gasteiger charge is 2.31. The first-order valence-electron chi connectivity index (χ1n) is 10.9. The molecule has 0 saturated carbocycles. The number of aromatic nitrogens is 1. The second-order valence-electron chi connectivity index (χ2n) is 8.25. The van der Waals surface area contributed by atoms with Crippen LogP contribution >= 0.6 is 12.2 Å². The van der Waals surface area contributed by atoms with Crippen LogP contribution in [0.4, 0.5) is 11.4 Å². The van der Waals surface area contributed by atoms with Crippen molar-refractivity contribution in [1.29, 1.82) is 0 Å². The molecule has 1 fully saturated rings. The molecule has 6 heteroatoms. The van der Waals surface area contributed by atoms with E-state index in [9.17, 15) is 0 Å². The van der Waals surface area contributed by atoms with Crippen LogP contribution in [0.15, 0.2) is 54.7 Å². The van der Waals surface area contributed by atoms with Gasteiger partial charge in [0.15, 0.2) is 5.11 Å². The van der Waals surface area contributed by atoms with Crippen molar-refractivity contribution in [3.8, 4) is 0 Å². The van der Waals surface area contributed by atoms with Crippen molar-refractivity contribution in [1.82, 2.24) is 15.2 Å². The van der Waals surface area contributed by atoms with E-state index in [1.54, 1.807) is 0 Å². The zero-order chi connectivity index (χ0) is 20.5. The molecule has 2 aliphatic heterocycles. The lowest BCUT2D eigenvalue weighted by Gasteiger charge is -2.43. The van der Waals surface area contributed by atoms with Crippen molar-refractivity contribution in [2.24, 2.45) is 0 Å². The minimum atomic E-state index is 0.416. The predicted molar refractivity (Wildman–Crippen MR) is 130 cm³/mol. The van der Waals surface area contributed by atoms with E-state index in [2.05, 4.69) is 73.5 Å². The number of aromatic amines is 1. The summed E-state index contributed by atoms with van der Waals surface area (Å²) in [6.45, 7) is 5.34. The van der Waals surface area contributed by atoms with E-state index in [0.717, 1.165) is 50.7 Å². The van der Waals surface area contributed by atoms with Crippen LogP contribution in [-0.4, -0.2) is 60.8 Å². The molecule has 156 valence electrons. The molecule has 5 rings (SSSR count). The Morgan fingerprint density at radius 2 is 1.83 bits per heavy atom. The number of rotatable bonds is 3. The average molecular weight is 420 g/mol. The lowest BCUT2D eigenvalue weighted by Crippen LogP contribution is -2.55. The van der Waals surface area contributed by atoms with Crippen molar-refractivity contribution >= 4 is 39.6 Å². The number of nitrogens with zero attached hydrogens (tertiary/aromatic N) is 3. The Hall–Kier alpha value is -2.57. The molecule has 1 unspecified atom stereocenters. The molecule has 3 aromatic rings. The Bertz CT molecular complexity index is 1040. The third-order valence-corrected chi connectivity index (χ3v) is 6.95. The number of thiocarbonyl (C=S) groups is 1. The molecule has 30 heavy (non-hydrogen) atoms. The lowest BCUT2D eigenvalue weighted by molar-refractivity contribution is 0.238. The minimum Gasteiger partial charge on any atom is -0.368 e. The van der Waals surface area contributed by atoms with Crippen LogP contribution in [0.2, 0.25) is 0 Å². The fraction of sp³-hybridized carbons (Fsp3) is 0.375. The number of piperazine rings is 1. The van der Waals surface area contributed by atoms with Crippen molar-refractivity contribution in [2.75, 3.05) is 49.6 Å². The van der Waals surface area contributed by atoms with Crippen LogP contribution in [-0.2, 0) is 6.42 Å². The summed E-state index contributed by atoms with van der Waals surface area (Å²) in [6, 6.07) is 17.8. The second-order valence-corrected chi connectivity index (χ2v) is 8.64. The highest BCUT2D eigenvalue weighted by molar-refractivity contribution is 7.80. The number of benzene rings is 2. The Morgan fingerprint density at radius 3 is 2.67 bits per heavy atom. The smallest absolute Gasteiger partial charge is 0.173 e. The maximum atomic E-state index is 5.70. The molecule has 0 bridgehead atoms. The Kier molecular flexibility index (Phi) is 5.35. The molecule has 5 nitrogen and oxygen atoms in total. The molecule has 0 amide bonds. The number of aryl methyl sites for hydroxylation is 1. The summed E-state index contributed by atoms with van der Waals surface area (Å²) in [5, 5.41) is 5.36. The van der Waals surface area contributed by atoms with Crippen molar-refractivity contribution < 1.29 is 0 Å². The zero-order valence-corrected chi connectivity index (χ0v) is 18.3. The molecule has 0 aliphatic carbocycles. The second kappa shape index (κ2) is 8.28. The van der Waals surface area contributed by atoms with Gasteiger partial charge in [-0.15, -0.1) is 0 Å². The maximum Gasteiger partial charge on any atom is 0.173 e. The van der Waals surface area contributed by atoms with Gasteiger partial charge in [-0.1, -0.05) is 24.3 Å². The zero-order valence-electron chi connectivity index (χ0n) is 17.5. The van der Waals surface area contributed by atoms with Gasteiger partial charge in [-0.3, -0.25) is 4.90 Å². The fourth-order valence-corrected chi connectivity index (χ4v) is 5.24. The largest absolute Gasteiger partial charge is 0.368 e. The van der Waals surface area contributed by atoms with Crippen LogP contribution in [0.25, 0.3) is 10.9 Å². The third-order valence-electron chi connectivity index (χ3n) is 6.55. The summed E-state index contributed by atoms with van der Waals surface area (Å²) in [5.74, 6) is 0. The first-order chi connectivity index (χ1) is 14.7. The van der Waals surface area contributed by atoms with Gasteiger partial charge in [0.2, 0.25) is 0 Å². The molecular weight excluding hydrogens is 390 g/mol. The SMILES string of the molecule is CNC(=S)N1c2ccccc2CCC1CN1CCN(c2cccc3[nH]ccc23)CC1. The quantitative estimate of drug-likeness (QED) is 0.635. The highest BCUT2D eigenvalue weighted by Crippen LogP contribution is 2.32. The van der Waals surface area contributed by atoms with Crippen LogP contribution in [0.5, 0.6) is 0 Å². The molecule has 1 atom stereocenters. The van der Waals surface area contributed by atoms with E-state index < -0.39 is 0 Å². The topological polar surface area (TPSA) is 37.5 Å². The molecular formula is C24H29N5S. The van der Waals surface area contributed by atoms with Gasteiger partial charge in [0, 0.05) is 74.3 Å². The van der Waals surface area contributed by atoms with Gasteiger partial charge in [-0.2, -0.15) is 0 Å². The summed E-state index contributed by atoms with van der Waals surface area (Å²) < 4.78 is 0. The third kappa shape index (κ3) is 3.55. The number of nitrogens with one attached hydrogen (secondary N) is 2. The van der Waals surface area contributed by atoms with Crippen molar-refractivity contribution in [3.63, 3.8) is 0 Å². The summed E-state index contributed by atoms with van der Waals surface area (Å²) in [6.07, 6.45) is 4.30. The van der Waals surface area contributed by atoms with Crippen molar-refractivity contribution in [3.05, 3.63) is 60.3 Å². The van der Waals surface area contributed by atoms with Gasteiger partial charge < -0.3 is 20.1 Å². The molecule has 1 saturated heterocycles. The van der Waals surface area contributed by atoms with Crippen LogP contribution in [0, 0.1) is 0 Å². The number of para-hydroxylation sites is 1. The van der Waals surface area contributed by atoms with E-state index in [4.69, 9.17) is 12.2 Å². The van der Waals surface area contributed by atoms with E-state index in [1.165, 1.54) is 27.8 Å². The van der Waals surface area contributed by atoms with E-state index in [-0.39, 0.29) is 0 Å². The van der Waals surface area contributed by atoms with Gasteiger partial charge in [-0.25, -0.2) is 0 Å². The fourth-order valence-electron chi connectivity index (χ4n) is 4.99. The average Bonchev–Trinajstić information content (AvgIpc) is 3.28. The van der Waals surface area contributed by atoms with Gasteiger partial charge in [0.05, 0.1) is 0 Å². The maximum absolute atomic E-state index is 5.70. The number of H-pyrrole nitrogens is 1. The van der Waals surface area contributed by atoms with E-state index in [0.29, 0.717) is 6.04 Å². The van der Waals surface area contributed by atoms with Crippen LogP contribution in [0.3, 0.4) is 0 Å². The normalized spacial score (nSPS) is 19.7. The number of anilines is 2. The van der Waals surface area contributed by atoms with Gasteiger partial charge in [-0.05, 0) is 54.9 Å². The standard InChI is InChI=1S/C24H29N5S/c1-25-24(30)29-19(10-9-18-5-2-3-7-22(18)29)17-27-13-15-28(16-14-27)23-8-4-6-21-20(23)11-12-26-21/h2-8,11-12,19,26H,9-10,13-17H2,1H3,(H,25,30). The summed E-state index contributed by atoms with van der Waals surface area (Å²) in [5.41, 5.74) is 5.23. The van der Waals surface area contributed by atoms with E-state index >= 15 is 0 Å². The monoisotopic (exact) mass is 419 g/mol. The summed E-state index contributed by atoms with van der Waals surface area (Å²) in [4.78, 5) is 10.8. The predicted octanol–water partition coefficient (Wildman–Crippen LogP) is 3.62. The molecule has 0 radical (unpaired) electrons. The lowest BCUT2D eigenvalue weighted by atomic mass is 9.95. The number of fused-ring (bicyclic) bond motifs is 2. The van der Waals surface area contributed by atoms with Crippen molar-refractivity contribution in [2.45, 2.75) is 18.9 Å². The van der Waals surface area contributed by atoms with E-state index in [1.807, 2.05) is 13.2 Å². The Balaban J connectivity index is 1.28. The first kappa shape index (κ1) is 19.4. The molecule has 2 N–H and O–H groups in total. The molecule has 0 spiro atoms. The Labute approximate surface area is 183 Å².